The van der Waals surface area contributed by atoms with E-state index in [-0.39, 0.29) is 25.6 Å². The summed E-state index contributed by atoms with van der Waals surface area (Å²) in [7, 11) is 3.31. The summed E-state index contributed by atoms with van der Waals surface area (Å²) in [5.41, 5.74) is 1.71. The third-order valence-electron chi connectivity index (χ3n) is 5.68. The topological polar surface area (TPSA) is 79.4 Å². The molecule has 0 unspecified atom stereocenters. The molecule has 1 fully saturated rings. The Balaban J connectivity index is 1.54. The van der Waals surface area contributed by atoms with E-state index in [2.05, 4.69) is 0 Å². The van der Waals surface area contributed by atoms with E-state index >= 15 is 0 Å². The van der Waals surface area contributed by atoms with Gasteiger partial charge in [-0.15, -0.1) is 0 Å². The zero-order chi connectivity index (χ0) is 25.0. The number of urea groups is 1. The summed E-state index contributed by atoms with van der Waals surface area (Å²) < 4.78 is 11.0. The molecule has 1 aliphatic heterocycles. The zero-order valence-electron chi connectivity index (χ0n) is 20.3. The number of benzene rings is 2. The number of ether oxygens (including phenoxy) is 2. The lowest BCUT2D eigenvalue weighted by molar-refractivity contribution is -0.155. The Hall–Kier alpha value is -3.20. The van der Waals surface area contributed by atoms with Crippen LogP contribution in [0.25, 0.3) is 0 Å². The fourth-order valence-electron chi connectivity index (χ4n) is 3.52. The number of likely N-dealkylation sites (N-methyl/N-ethyl adjacent to an activating group) is 2. The normalized spacial score (nSPS) is 14.1. The molecule has 0 bridgehead atoms. The Bertz CT molecular complexity index is 954. The second kappa shape index (κ2) is 13.6. The molecule has 3 rings (SSSR count). The first kappa shape index (κ1) is 26.4. The molecule has 8 nitrogen and oxygen atoms in total. The maximum Gasteiger partial charge on any atom is 0.410 e. The van der Waals surface area contributed by atoms with Gasteiger partial charge in [-0.05, 0) is 11.1 Å². The predicted molar refractivity (Wildman–Crippen MR) is 136 cm³/mol. The van der Waals surface area contributed by atoms with Crippen LogP contribution in [0.15, 0.2) is 60.7 Å². The van der Waals surface area contributed by atoms with Crippen LogP contribution in [0.2, 0.25) is 0 Å². The van der Waals surface area contributed by atoms with E-state index in [0.29, 0.717) is 6.54 Å². The number of nitrogens with zero attached hydrogens (tertiary/aromatic N) is 3. The lowest BCUT2D eigenvalue weighted by Gasteiger charge is -2.31. The molecule has 3 amide bonds. The molecule has 2 aromatic carbocycles. The van der Waals surface area contributed by atoms with Gasteiger partial charge in [0.25, 0.3) is 0 Å². The summed E-state index contributed by atoms with van der Waals surface area (Å²) in [5, 5.41) is 0. The number of esters is 1. The number of hydrogen-bond donors (Lipinski definition) is 0. The molecule has 0 N–H and O–H groups in total. The van der Waals surface area contributed by atoms with Crippen molar-refractivity contribution in [3.63, 3.8) is 0 Å². The van der Waals surface area contributed by atoms with Crippen molar-refractivity contribution < 1.29 is 23.9 Å². The highest BCUT2D eigenvalue weighted by Crippen LogP contribution is 2.13. The quantitative estimate of drug-likeness (QED) is 0.492. The third-order valence-corrected chi connectivity index (χ3v) is 6.63. The number of carbonyl (C=O) groups is 3. The second-order valence-electron chi connectivity index (χ2n) is 8.38. The standard InChI is InChI=1S/C26H33N3O5S/c1-27(25(31)29-15-17-35-18-16-29)13-14-28(2)26(32)34-23(19-21-9-5-3-6-10-21)24(30)33-20-22-11-7-4-8-12-22/h3-12,23H,13-20H2,1-2H3/t23-/m0/s1. The number of thioether (sulfide) groups is 1. The first-order valence-corrected chi connectivity index (χ1v) is 12.8. The highest BCUT2D eigenvalue weighted by Gasteiger charge is 2.27. The fourth-order valence-corrected chi connectivity index (χ4v) is 4.42. The molecule has 0 saturated carbocycles. The van der Waals surface area contributed by atoms with Gasteiger partial charge in [0, 0.05) is 58.2 Å². The Kier molecular flexibility index (Phi) is 10.3. The minimum atomic E-state index is -1.08. The van der Waals surface area contributed by atoms with Crippen molar-refractivity contribution in [2.24, 2.45) is 0 Å². The van der Waals surface area contributed by atoms with E-state index in [1.54, 1.807) is 19.0 Å². The van der Waals surface area contributed by atoms with Gasteiger partial charge in [0.1, 0.15) is 6.61 Å². The maximum absolute atomic E-state index is 12.8. The Labute approximate surface area is 211 Å². The van der Waals surface area contributed by atoms with Gasteiger partial charge in [0.05, 0.1) is 0 Å². The van der Waals surface area contributed by atoms with E-state index in [1.165, 1.54) is 4.90 Å². The van der Waals surface area contributed by atoms with Crippen LogP contribution in [-0.2, 0) is 27.3 Å². The number of carbonyl (C=O) groups excluding carboxylic acids is 3. The van der Waals surface area contributed by atoms with Gasteiger partial charge in [-0.3, -0.25) is 0 Å². The van der Waals surface area contributed by atoms with Crippen LogP contribution >= 0.6 is 11.8 Å². The van der Waals surface area contributed by atoms with Gasteiger partial charge >= 0.3 is 18.1 Å². The summed E-state index contributed by atoms with van der Waals surface area (Å²) in [4.78, 5) is 43.0. The number of hydrogen-bond acceptors (Lipinski definition) is 6. The molecule has 1 aliphatic rings. The van der Waals surface area contributed by atoms with Crippen LogP contribution in [0.1, 0.15) is 11.1 Å². The van der Waals surface area contributed by atoms with Gasteiger partial charge in [0.2, 0.25) is 6.10 Å². The van der Waals surface area contributed by atoms with E-state index in [0.717, 1.165) is 35.7 Å². The van der Waals surface area contributed by atoms with Crippen LogP contribution in [-0.4, -0.2) is 90.7 Å². The SMILES string of the molecule is CN(CCN(C)C(=O)N1CCSCC1)C(=O)O[C@@H](Cc1ccccc1)C(=O)OCc1ccccc1. The van der Waals surface area contributed by atoms with E-state index < -0.39 is 18.2 Å². The molecule has 1 saturated heterocycles. The maximum atomic E-state index is 12.8. The number of rotatable bonds is 9. The van der Waals surface area contributed by atoms with Gasteiger partial charge < -0.3 is 24.2 Å². The van der Waals surface area contributed by atoms with Crippen molar-refractivity contribution in [3.05, 3.63) is 71.8 Å². The predicted octanol–water partition coefficient (Wildman–Crippen LogP) is 3.51. The molecular formula is C26H33N3O5S. The van der Waals surface area contributed by atoms with Crippen molar-refractivity contribution >= 4 is 29.9 Å². The summed E-state index contributed by atoms with van der Waals surface area (Å²) >= 11 is 1.84. The van der Waals surface area contributed by atoms with E-state index in [4.69, 9.17) is 9.47 Å². The van der Waals surface area contributed by atoms with Gasteiger partial charge in [-0.1, -0.05) is 60.7 Å². The van der Waals surface area contributed by atoms with Crippen molar-refractivity contribution in [3.8, 4) is 0 Å². The average Bonchev–Trinajstić information content (AvgIpc) is 2.90. The third kappa shape index (κ3) is 8.51. The van der Waals surface area contributed by atoms with Gasteiger partial charge in [-0.25, -0.2) is 14.4 Å². The molecule has 188 valence electrons. The van der Waals surface area contributed by atoms with Crippen LogP contribution in [0.4, 0.5) is 9.59 Å². The molecule has 9 heteroatoms. The summed E-state index contributed by atoms with van der Waals surface area (Å²) in [6.45, 7) is 2.20. The lowest BCUT2D eigenvalue weighted by atomic mass is 10.1. The van der Waals surface area contributed by atoms with Crippen LogP contribution in [0.5, 0.6) is 0 Å². The van der Waals surface area contributed by atoms with Crippen molar-refractivity contribution in [2.75, 3.05) is 51.8 Å². The zero-order valence-corrected chi connectivity index (χ0v) is 21.1. The summed E-state index contributed by atoms with van der Waals surface area (Å²) in [6.07, 6.45) is -1.52. The Morgan fingerprint density at radius 2 is 1.46 bits per heavy atom. The molecular weight excluding hydrogens is 466 g/mol. The second-order valence-corrected chi connectivity index (χ2v) is 9.61. The molecule has 0 aromatic heterocycles. The summed E-state index contributed by atoms with van der Waals surface area (Å²) in [6, 6.07) is 18.6. The van der Waals surface area contributed by atoms with Crippen LogP contribution < -0.4 is 0 Å². The average molecular weight is 500 g/mol. The van der Waals surface area contributed by atoms with Crippen molar-refractivity contribution in [2.45, 2.75) is 19.1 Å². The largest absolute Gasteiger partial charge is 0.458 e. The van der Waals surface area contributed by atoms with Crippen molar-refractivity contribution in [1.82, 2.24) is 14.7 Å². The van der Waals surface area contributed by atoms with Gasteiger partial charge in [-0.2, -0.15) is 11.8 Å². The van der Waals surface area contributed by atoms with Crippen LogP contribution in [0.3, 0.4) is 0 Å². The van der Waals surface area contributed by atoms with Crippen molar-refractivity contribution in [1.29, 1.82) is 0 Å². The molecule has 0 spiro atoms. The minimum Gasteiger partial charge on any atom is -0.458 e. The highest BCUT2D eigenvalue weighted by molar-refractivity contribution is 7.99. The van der Waals surface area contributed by atoms with E-state index in [9.17, 15) is 14.4 Å². The van der Waals surface area contributed by atoms with E-state index in [1.807, 2.05) is 77.3 Å². The monoisotopic (exact) mass is 499 g/mol. The van der Waals surface area contributed by atoms with Crippen LogP contribution in [0, 0.1) is 0 Å². The Morgan fingerprint density at radius 1 is 0.886 bits per heavy atom. The molecule has 1 atom stereocenters. The first-order chi connectivity index (χ1) is 16.9. The lowest BCUT2D eigenvalue weighted by Crippen LogP contribution is -2.47. The molecule has 0 radical (unpaired) electrons. The fraction of sp³-hybridized carbons (Fsp3) is 0.423. The highest BCUT2D eigenvalue weighted by atomic mass is 32.2. The Morgan fingerprint density at radius 3 is 2.09 bits per heavy atom. The van der Waals surface area contributed by atoms with Gasteiger partial charge in [0.15, 0.2) is 0 Å². The first-order valence-electron chi connectivity index (χ1n) is 11.7. The molecule has 0 aliphatic carbocycles. The molecule has 1 heterocycles. The molecule has 2 aromatic rings. The summed E-state index contributed by atoms with van der Waals surface area (Å²) in [5.74, 6) is 1.28. The molecule has 35 heavy (non-hydrogen) atoms. The smallest absolute Gasteiger partial charge is 0.410 e. The minimum absolute atomic E-state index is 0.0430. The number of amides is 3.